The minimum atomic E-state index is -4.51. The van der Waals surface area contributed by atoms with E-state index in [0.717, 1.165) is 0 Å². The highest BCUT2D eigenvalue weighted by molar-refractivity contribution is 5.73. The van der Waals surface area contributed by atoms with Crippen LogP contribution in [-0.2, 0) is 9.53 Å². The minimum Gasteiger partial charge on any atom is -0.440 e. The quantitative estimate of drug-likeness (QED) is 0.821. The van der Waals surface area contributed by atoms with Crippen LogP contribution in [0.3, 0.4) is 0 Å². The average Bonchev–Trinajstić information content (AvgIpc) is 2.25. The molecule has 0 aliphatic carbocycles. The Morgan fingerprint density at radius 3 is 2.33 bits per heavy atom. The van der Waals surface area contributed by atoms with Crippen LogP contribution < -0.4 is 5.32 Å². The van der Waals surface area contributed by atoms with E-state index in [4.69, 9.17) is 0 Å². The molecule has 0 bridgehead atoms. The zero-order valence-electron chi connectivity index (χ0n) is 9.92. The molecular weight excluding hydrogens is 253 g/mol. The second kappa shape index (κ2) is 5.92. The molecular formula is C10H15F3N2O3. The van der Waals surface area contributed by atoms with Crippen LogP contribution >= 0.6 is 0 Å². The molecule has 0 spiro atoms. The fourth-order valence-corrected chi connectivity index (χ4v) is 1.73. The second-order valence-electron chi connectivity index (χ2n) is 4.13. The van der Waals surface area contributed by atoms with E-state index >= 15 is 0 Å². The molecule has 8 heteroatoms. The molecule has 5 nitrogen and oxygen atoms in total. The molecule has 1 rings (SSSR count). The van der Waals surface area contributed by atoms with Crippen molar-refractivity contribution < 1.29 is 27.5 Å². The lowest BCUT2D eigenvalue weighted by molar-refractivity contribution is -0.162. The number of rotatable bonds is 2. The monoisotopic (exact) mass is 268 g/mol. The summed E-state index contributed by atoms with van der Waals surface area (Å²) in [6.45, 7) is 0.380. The Bertz CT molecular complexity index is 312. The van der Waals surface area contributed by atoms with Gasteiger partial charge in [0.05, 0.1) is 0 Å². The van der Waals surface area contributed by atoms with Crippen molar-refractivity contribution in [2.24, 2.45) is 0 Å². The third kappa shape index (κ3) is 5.24. The highest BCUT2D eigenvalue weighted by atomic mass is 19.4. The molecule has 0 unspecified atom stereocenters. The van der Waals surface area contributed by atoms with E-state index < -0.39 is 18.9 Å². The maximum Gasteiger partial charge on any atom is 0.422 e. The summed E-state index contributed by atoms with van der Waals surface area (Å²) in [6, 6.07) is -0.0332. The number of hydrogen-bond acceptors (Lipinski definition) is 3. The van der Waals surface area contributed by atoms with Crippen molar-refractivity contribution in [2.45, 2.75) is 32.0 Å². The number of carbonyl (C=O) groups is 2. The number of carbonyl (C=O) groups excluding carboxylic acids is 2. The largest absolute Gasteiger partial charge is 0.440 e. The summed E-state index contributed by atoms with van der Waals surface area (Å²) in [7, 11) is 0. The van der Waals surface area contributed by atoms with Gasteiger partial charge in [0.25, 0.3) is 0 Å². The van der Waals surface area contributed by atoms with E-state index in [0.29, 0.717) is 12.8 Å². The van der Waals surface area contributed by atoms with Crippen LogP contribution in [0.5, 0.6) is 0 Å². The lowest BCUT2D eigenvalue weighted by atomic mass is 10.1. The Morgan fingerprint density at radius 1 is 1.33 bits per heavy atom. The predicted molar refractivity (Wildman–Crippen MR) is 55.8 cm³/mol. The summed E-state index contributed by atoms with van der Waals surface area (Å²) < 4.78 is 39.7. The van der Waals surface area contributed by atoms with Crippen LogP contribution in [0.25, 0.3) is 0 Å². The highest BCUT2D eigenvalue weighted by Crippen LogP contribution is 2.16. The average molecular weight is 268 g/mol. The first-order chi connectivity index (χ1) is 8.28. The third-order valence-electron chi connectivity index (χ3n) is 2.52. The lowest BCUT2D eigenvalue weighted by Crippen LogP contribution is -2.46. The van der Waals surface area contributed by atoms with Gasteiger partial charge in [0.1, 0.15) is 0 Å². The van der Waals surface area contributed by atoms with Gasteiger partial charge in [-0.3, -0.25) is 4.79 Å². The molecule has 0 radical (unpaired) electrons. The number of halogens is 3. The first kappa shape index (κ1) is 14.6. The van der Waals surface area contributed by atoms with Crippen LogP contribution in [0.1, 0.15) is 19.8 Å². The number of ether oxygens (including phenoxy) is 1. The van der Waals surface area contributed by atoms with Crippen LogP contribution in [0.2, 0.25) is 0 Å². The number of piperidine rings is 1. The van der Waals surface area contributed by atoms with Gasteiger partial charge in [0, 0.05) is 26.1 Å². The first-order valence-electron chi connectivity index (χ1n) is 5.53. The molecule has 0 aromatic heterocycles. The van der Waals surface area contributed by atoms with Crippen LogP contribution in [-0.4, -0.2) is 48.8 Å². The van der Waals surface area contributed by atoms with E-state index in [-0.39, 0.29) is 25.0 Å². The minimum absolute atomic E-state index is 0.0332. The Morgan fingerprint density at radius 2 is 1.89 bits per heavy atom. The Balaban J connectivity index is 2.29. The van der Waals surface area contributed by atoms with Gasteiger partial charge in [-0.25, -0.2) is 4.79 Å². The van der Waals surface area contributed by atoms with E-state index in [1.165, 1.54) is 11.8 Å². The van der Waals surface area contributed by atoms with Gasteiger partial charge in [-0.2, -0.15) is 13.2 Å². The van der Waals surface area contributed by atoms with E-state index in [1.807, 2.05) is 0 Å². The zero-order valence-corrected chi connectivity index (χ0v) is 9.92. The highest BCUT2D eigenvalue weighted by Gasteiger charge is 2.31. The number of alkyl halides is 3. The van der Waals surface area contributed by atoms with Crippen LogP contribution in [0, 0.1) is 0 Å². The molecule has 104 valence electrons. The first-order valence-corrected chi connectivity index (χ1v) is 5.53. The number of likely N-dealkylation sites (tertiary alicyclic amines) is 1. The molecule has 1 aliphatic heterocycles. The number of hydrogen-bond donors (Lipinski definition) is 1. The molecule has 0 aromatic carbocycles. The summed E-state index contributed by atoms with van der Waals surface area (Å²) in [5, 5.41) is 2.70. The molecule has 0 aromatic rings. The summed E-state index contributed by atoms with van der Waals surface area (Å²) in [6.07, 6.45) is -4.44. The summed E-state index contributed by atoms with van der Waals surface area (Å²) in [5.74, 6) is -0.159. The Hall–Kier alpha value is -1.47. The summed E-state index contributed by atoms with van der Waals surface area (Å²) in [5.41, 5.74) is 0. The molecule has 1 heterocycles. The fraction of sp³-hybridized carbons (Fsp3) is 0.800. The number of nitrogens with zero attached hydrogens (tertiary/aromatic N) is 1. The topological polar surface area (TPSA) is 58.6 Å². The third-order valence-corrected chi connectivity index (χ3v) is 2.52. The van der Waals surface area contributed by atoms with E-state index in [9.17, 15) is 22.8 Å². The maximum absolute atomic E-state index is 11.8. The predicted octanol–water partition coefficient (Wildman–Crippen LogP) is 1.29. The molecule has 1 N–H and O–H groups in total. The molecule has 1 aliphatic rings. The van der Waals surface area contributed by atoms with E-state index in [2.05, 4.69) is 10.1 Å². The zero-order chi connectivity index (χ0) is 13.8. The van der Waals surface area contributed by atoms with Gasteiger partial charge in [-0.1, -0.05) is 0 Å². The van der Waals surface area contributed by atoms with Gasteiger partial charge in [0.2, 0.25) is 5.91 Å². The van der Waals surface area contributed by atoms with Crippen molar-refractivity contribution in [2.75, 3.05) is 19.7 Å². The lowest BCUT2D eigenvalue weighted by Gasteiger charge is -2.31. The molecule has 0 atom stereocenters. The maximum atomic E-state index is 11.8. The van der Waals surface area contributed by atoms with Crippen molar-refractivity contribution in [3.8, 4) is 0 Å². The Labute approximate surface area is 102 Å². The van der Waals surface area contributed by atoms with Gasteiger partial charge < -0.3 is 15.0 Å². The molecule has 18 heavy (non-hydrogen) atoms. The standard InChI is InChI=1S/C10H15F3N2O3/c1-7(16)14-8-2-4-15(5-3-8)9(17)18-6-10(11,12)13/h8H,2-6H2,1H3,(H,14,16). The molecule has 0 saturated carbocycles. The van der Waals surface area contributed by atoms with Crippen LogP contribution in [0.15, 0.2) is 0 Å². The van der Waals surface area contributed by atoms with Crippen LogP contribution in [0.4, 0.5) is 18.0 Å². The summed E-state index contributed by atoms with van der Waals surface area (Å²) >= 11 is 0. The fourth-order valence-electron chi connectivity index (χ4n) is 1.73. The van der Waals surface area contributed by atoms with Crippen molar-refractivity contribution in [1.29, 1.82) is 0 Å². The number of amides is 2. The molecule has 1 fully saturated rings. The smallest absolute Gasteiger partial charge is 0.422 e. The molecule has 2 amide bonds. The Kier molecular flexibility index (Phi) is 4.80. The van der Waals surface area contributed by atoms with Crippen molar-refractivity contribution >= 4 is 12.0 Å². The second-order valence-corrected chi connectivity index (χ2v) is 4.13. The van der Waals surface area contributed by atoms with Gasteiger partial charge in [-0.05, 0) is 12.8 Å². The number of nitrogens with one attached hydrogen (secondary N) is 1. The SMILES string of the molecule is CC(=O)NC1CCN(C(=O)OCC(F)(F)F)CC1. The van der Waals surface area contributed by atoms with Gasteiger partial charge in [-0.15, -0.1) is 0 Å². The van der Waals surface area contributed by atoms with Gasteiger partial charge >= 0.3 is 12.3 Å². The van der Waals surface area contributed by atoms with Crippen molar-refractivity contribution in [3.05, 3.63) is 0 Å². The summed E-state index contributed by atoms with van der Waals surface area (Å²) in [4.78, 5) is 23.3. The van der Waals surface area contributed by atoms with Gasteiger partial charge in [0.15, 0.2) is 6.61 Å². The van der Waals surface area contributed by atoms with Crippen molar-refractivity contribution in [3.63, 3.8) is 0 Å². The normalized spacial score (nSPS) is 17.4. The van der Waals surface area contributed by atoms with E-state index in [1.54, 1.807) is 0 Å². The van der Waals surface area contributed by atoms with Crippen molar-refractivity contribution in [1.82, 2.24) is 10.2 Å². The molecule has 1 saturated heterocycles.